The van der Waals surface area contributed by atoms with Crippen molar-refractivity contribution in [3.05, 3.63) is 29.8 Å². The fraction of sp³-hybridized carbons (Fsp3) is 0.600. The molecule has 0 radical (unpaired) electrons. The van der Waals surface area contributed by atoms with E-state index in [1.54, 1.807) is 14.0 Å². The first kappa shape index (κ1) is 18.7. The summed E-state index contributed by atoms with van der Waals surface area (Å²) in [5.41, 5.74) is 0.433. The molecule has 0 aromatic heterocycles. The van der Waals surface area contributed by atoms with E-state index in [1.165, 1.54) is 0 Å². The maximum absolute atomic E-state index is 12.8. The lowest BCUT2D eigenvalue weighted by Gasteiger charge is -2.37. The van der Waals surface area contributed by atoms with Gasteiger partial charge in [-0.05, 0) is 56.8 Å². The van der Waals surface area contributed by atoms with Crippen LogP contribution in [-0.2, 0) is 15.1 Å². The van der Waals surface area contributed by atoms with Crippen LogP contribution in [0.3, 0.4) is 0 Å². The van der Waals surface area contributed by atoms with E-state index in [-0.39, 0.29) is 11.6 Å². The van der Waals surface area contributed by atoms with E-state index < -0.39 is 5.54 Å². The molecule has 1 unspecified atom stereocenters. The average molecular weight is 331 g/mol. The molecular weight excluding hydrogens is 302 g/mol. The lowest BCUT2D eigenvalue weighted by atomic mass is 9.75. The molecule has 1 fully saturated rings. The zero-order chi connectivity index (χ0) is 17.4. The molecule has 1 aliphatic carbocycles. The van der Waals surface area contributed by atoms with Gasteiger partial charge in [-0.3, -0.25) is 4.79 Å². The number of hydrogen-bond donors (Lipinski definition) is 1. The summed E-state index contributed by atoms with van der Waals surface area (Å²) < 4.78 is 5.33. The predicted octanol–water partition coefficient (Wildman–Crippen LogP) is 3.77. The Hall–Kier alpha value is -1.68. The Kier molecular flexibility index (Phi) is 6.98. The number of ketones is 2. The highest BCUT2D eigenvalue weighted by atomic mass is 16.5. The molecule has 0 heterocycles. The van der Waals surface area contributed by atoms with E-state index in [2.05, 4.69) is 5.32 Å². The molecule has 0 bridgehead atoms. The summed E-state index contributed by atoms with van der Waals surface area (Å²) in [4.78, 5) is 23.8. The van der Waals surface area contributed by atoms with E-state index >= 15 is 0 Å². The third kappa shape index (κ3) is 4.67. The Morgan fingerprint density at radius 1 is 1.25 bits per heavy atom. The summed E-state index contributed by atoms with van der Waals surface area (Å²) >= 11 is 0. The SMILES string of the molecule is COc1cccc(C2(NCCCCCC(C)=O)CCCCC2=O)c1. The summed E-state index contributed by atoms with van der Waals surface area (Å²) in [6.07, 6.45) is 7.07. The van der Waals surface area contributed by atoms with E-state index in [0.717, 1.165) is 56.4 Å². The van der Waals surface area contributed by atoms with Gasteiger partial charge in [0.25, 0.3) is 0 Å². The molecule has 2 rings (SSSR count). The molecule has 1 aliphatic rings. The van der Waals surface area contributed by atoms with Crippen LogP contribution in [-0.4, -0.2) is 25.2 Å². The van der Waals surface area contributed by atoms with Crippen LogP contribution in [0.15, 0.2) is 24.3 Å². The van der Waals surface area contributed by atoms with Crippen LogP contribution in [0.2, 0.25) is 0 Å². The van der Waals surface area contributed by atoms with Crippen LogP contribution in [0.5, 0.6) is 5.75 Å². The predicted molar refractivity (Wildman–Crippen MR) is 95.3 cm³/mol. The van der Waals surface area contributed by atoms with Gasteiger partial charge in [0.1, 0.15) is 17.1 Å². The molecule has 4 nitrogen and oxygen atoms in total. The second kappa shape index (κ2) is 8.97. The Labute approximate surface area is 145 Å². The number of rotatable bonds is 9. The van der Waals surface area contributed by atoms with Crippen LogP contribution in [0, 0.1) is 0 Å². The zero-order valence-corrected chi connectivity index (χ0v) is 14.9. The van der Waals surface area contributed by atoms with Crippen molar-refractivity contribution >= 4 is 11.6 Å². The number of unbranched alkanes of at least 4 members (excludes halogenated alkanes) is 2. The number of methoxy groups -OCH3 is 1. The Bertz CT molecular complexity index is 570. The van der Waals surface area contributed by atoms with E-state index in [0.29, 0.717) is 12.8 Å². The molecule has 132 valence electrons. The van der Waals surface area contributed by atoms with Crippen LogP contribution < -0.4 is 10.1 Å². The number of carbonyl (C=O) groups is 2. The molecule has 1 N–H and O–H groups in total. The summed E-state index contributed by atoms with van der Waals surface area (Å²) in [5, 5.41) is 3.55. The molecule has 1 aromatic rings. The standard InChI is InChI=1S/C20H29NO3/c1-16(22)9-4-3-7-14-21-20(13-6-5-12-19(20)23)17-10-8-11-18(15-17)24-2/h8,10-11,15,21H,3-7,9,12-14H2,1-2H3. The molecule has 1 saturated carbocycles. The smallest absolute Gasteiger partial charge is 0.157 e. The van der Waals surface area contributed by atoms with E-state index in [1.807, 2.05) is 24.3 Å². The third-order valence-corrected chi connectivity index (χ3v) is 4.88. The number of carbonyl (C=O) groups excluding carboxylic acids is 2. The first-order valence-electron chi connectivity index (χ1n) is 9.01. The van der Waals surface area contributed by atoms with Crippen LogP contribution in [0.25, 0.3) is 0 Å². The maximum atomic E-state index is 12.8. The monoisotopic (exact) mass is 331 g/mol. The minimum absolute atomic E-state index is 0.248. The van der Waals surface area contributed by atoms with Crippen molar-refractivity contribution in [2.75, 3.05) is 13.7 Å². The number of ether oxygens (including phenoxy) is 1. The molecule has 4 heteroatoms. The largest absolute Gasteiger partial charge is 0.497 e. The van der Waals surface area contributed by atoms with Crippen molar-refractivity contribution in [2.45, 2.75) is 63.8 Å². The van der Waals surface area contributed by atoms with Crippen molar-refractivity contribution in [3.63, 3.8) is 0 Å². The summed E-state index contributed by atoms with van der Waals surface area (Å²) in [6.45, 7) is 2.43. The highest BCUT2D eigenvalue weighted by Gasteiger charge is 2.40. The zero-order valence-electron chi connectivity index (χ0n) is 14.9. The van der Waals surface area contributed by atoms with Gasteiger partial charge in [-0.2, -0.15) is 0 Å². The molecular formula is C20H29NO3. The lowest BCUT2D eigenvalue weighted by Crippen LogP contribution is -2.51. The summed E-state index contributed by atoms with van der Waals surface area (Å²) in [6, 6.07) is 7.86. The van der Waals surface area contributed by atoms with Gasteiger partial charge in [-0.1, -0.05) is 25.0 Å². The highest BCUT2D eigenvalue weighted by Crippen LogP contribution is 2.36. The van der Waals surface area contributed by atoms with Gasteiger partial charge in [-0.25, -0.2) is 0 Å². The fourth-order valence-electron chi connectivity index (χ4n) is 3.49. The van der Waals surface area contributed by atoms with E-state index in [4.69, 9.17) is 4.74 Å². The van der Waals surface area contributed by atoms with Crippen molar-refractivity contribution in [1.29, 1.82) is 0 Å². The van der Waals surface area contributed by atoms with Crippen LogP contribution >= 0.6 is 0 Å². The van der Waals surface area contributed by atoms with Gasteiger partial charge < -0.3 is 14.8 Å². The first-order valence-corrected chi connectivity index (χ1v) is 9.01. The quantitative estimate of drug-likeness (QED) is 0.700. The number of nitrogens with one attached hydrogen (secondary N) is 1. The second-order valence-electron chi connectivity index (χ2n) is 6.71. The van der Waals surface area contributed by atoms with Crippen molar-refractivity contribution in [1.82, 2.24) is 5.32 Å². The molecule has 1 atom stereocenters. The molecule has 0 saturated heterocycles. The molecule has 0 amide bonds. The van der Waals surface area contributed by atoms with Crippen LogP contribution in [0.1, 0.15) is 63.9 Å². The maximum Gasteiger partial charge on any atom is 0.157 e. The molecule has 24 heavy (non-hydrogen) atoms. The minimum Gasteiger partial charge on any atom is -0.497 e. The first-order chi connectivity index (χ1) is 11.6. The average Bonchev–Trinajstić information content (AvgIpc) is 2.59. The van der Waals surface area contributed by atoms with Gasteiger partial charge in [0.05, 0.1) is 7.11 Å². The lowest BCUT2D eigenvalue weighted by molar-refractivity contribution is -0.128. The highest BCUT2D eigenvalue weighted by molar-refractivity contribution is 5.90. The summed E-state index contributed by atoms with van der Waals surface area (Å²) in [5.74, 6) is 1.32. The molecule has 0 spiro atoms. The van der Waals surface area contributed by atoms with Gasteiger partial charge in [0, 0.05) is 12.8 Å². The minimum atomic E-state index is -0.576. The number of hydrogen-bond acceptors (Lipinski definition) is 4. The van der Waals surface area contributed by atoms with Crippen molar-refractivity contribution in [2.24, 2.45) is 0 Å². The Morgan fingerprint density at radius 2 is 2.08 bits per heavy atom. The van der Waals surface area contributed by atoms with Gasteiger partial charge >= 0.3 is 0 Å². The van der Waals surface area contributed by atoms with Gasteiger partial charge in [0.15, 0.2) is 5.78 Å². The normalized spacial score (nSPS) is 20.8. The third-order valence-electron chi connectivity index (χ3n) is 4.88. The molecule has 1 aromatic carbocycles. The van der Waals surface area contributed by atoms with Gasteiger partial charge in [-0.15, -0.1) is 0 Å². The number of Topliss-reactive ketones (excluding diaryl/α,β-unsaturated/α-hetero) is 2. The van der Waals surface area contributed by atoms with E-state index in [9.17, 15) is 9.59 Å². The van der Waals surface area contributed by atoms with Crippen molar-refractivity contribution < 1.29 is 14.3 Å². The Morgan fingerprint density at radius 3 is 2.79 bits per heavy atom. The second-order valence-corrected chi connectivity index (χ2v) is 6.71. The Balaban J connectivity index is 2.04. The molecule has 0 aliphatic heterocycles. The van der Waals surface area contributed by atoms with Crippen LogP contribution in [0.4, 0.5) is 0 Å². The summed E-state index contributed by atoms with van der Waals surface area (Å²) in [7, 11) is 1.65. The van der Waals surface area contributed by atoms with Crippen molar-refractivity contribution in [3.8, 4) is 5.75 Å². The topological polar surface area (TPSA) is 55.4 Å². The van der Waals surface area contributed by atoms with Gasteiger partial charge in [0.2, 0.25) is 0 Å². The fourth-order valence-corrected chi connectivity index (χ4v) is 3.49. The number of benzene rings is 1.